The van der Waals surface area contributed by atoms with Crippen molar-refractivity contribution < 1.29 is 9.84 Å². The predicted molar refractivity (Wildman–Crippen MR) is 64.5 cm³/mol. The van der Waals surface area contributed by atoms with Crippen LogP contribution in [0.1, 0.15) is 26.5 Å². The number of hydrogen-bond donors (Lipinski definition) is 2. The van der Waals surface area contributed by atoms with Gasteiger partial charge in [-0.3, -0.25) is 0 Å². The van der Waals surface area contributed by atoms with E-state index in [4.69, 9.17) is 4.74 Å². The van der Waals surface area contributed by atoms with Crippen molar-refractivity contribution in [3.8, 4) is 0 Å². The van der Waals surface area contributed by atoms with Crippen LogP contribution in [0.3, 0.4) is 0 Å². The van der Waals surface area contributed by atoms with Crippen molar-refractivity contribution in [3.05, 3.63) is 11.9 Å². The highest BCUT2D eigenvalue weighted by atomic mass is 16.5. The molecule has 98 valence electrons. The number of aliphatic hydroxyl groups is 1. The normalized spacial score (nSPS) is 13.9. The molecule has 0 radical (unpaired) electrons. The van der Waals surface area contributed by atoms with Gasteiger partial charge in [0, 0.05) is 25.4 Å². The van der Waals surface area contributed by atoms with Crippen LogP contribution in [0.25, 0.3) is 0 Å². The topological polar surface area (TPSA) is 72.2 Å². The van der Waals surface area contributed by atoms with E-state index in [0.717, 1.165) is 5.69 Å². The van der Waals surface area contributed by atoms with E-state index in [2.05, 4.69) is 36.4 Å². The van der Waals surface area contributed by atoms with Crippen molar-refractivity contribution in [2.45, 2.75) is 45.5 Å². The highest BCUT2D eigenvalue weighted by Crippen LogP contribution is 2.02. The lowest BCUT2D eigenvalue weighted by Gasteiger charge is -2.19. The molecule has 1 atom stereocenters. The standard InChI is InChI=1S/C11H22N4O2/c1-11(2,3)12-5-9-6-15(14-13-9)7-10(16)8-17-4/h6,10,12,16H,5,7-8H2,1-4H3. The van der Waals surface area contributed by atoms with Crippen LogP contribution >= 0.6 is 0 Å². The van der Waals surface area contributed by atoms with Gasteiger partial charge in [0.05, 0.1) is 24.9 Å². The summed E-state index contributed by atoms with van der Waals surface area (Å²) >= 11 is 0. The second kappa shape index (κ2) is 6.09. The number of ether oxygens (including phenoxy) is 1. The third kappa shape index (κ3) is 5.76. The number of aliphatic hydroxyl groups excluding tert-OH is 1. The molecular formula is C11H22N4O2. The van der Waals surface area contributed by atoms with E-state index < -0.39 is 6.10 Å². The maximum absolute atomic E-state index is 9.54. The summed E-state index contributed by atoms with van der Waals surface area (Å²) in [6.07, 6.45) is 1.28. The number of nitrogens with one attached hydrogen (secondary N) is 1. The summed E-state index contributed by atoms with van der Waals surface area (Å²) in [5.41, 5.74) is 0.920. The van der Waals surface area contributed by atoms with Gasteiger partial charge in [-0.05, 0) is 20.8 Å². The average Bonchev–Trinajstić information content (AvgIpc) is 2.62. The second-order valence-corrected chi connectivity index (χ2v) is 5.14. The summed E-state index contributed by atoms with van der Waals surface area (Å²) < 4.78 is 6.48. The fraction of sp³-hybridized carbons (Fsp3) is 0.818. The van der Waals surface area contributed by atoms with E-state index in [0.29, 0.717) is 19.7 Å². The van der Waals surface area contributed by atoms with E-state index in [1.165, 1.54) is 0 Å². The zero-order chi connectivity index (χ0) is 12.9. The fourth-order valence-corrected chi connectivity index (χ4v) is 1.33. The van der Waals surface area contributed by atoms with Gasteiger partial charge in [-0.25, -0.2) is 4.68 Å². The molecule has 6 nitrogen and oxygen atoms in total. The molecule has 0 aliphatic rings. The quantitative estimate of drug-likeness (QED) is 0.744. The third-order valence-electron chi connectivity index (χ3n) is 2.14. The van der Waals surface area contributed by atoms with Crippen LogP contribution in [0.5, 0.6) is 0 Å². The molecule has 0 saturated heterocycles. The monoisotopic (exact) mass is 242 g/mol. The number of rotatable bonds is 6. The molecule has 0 bridgehead atoms. The van der Waals surface area contributed by atoms with Crippen LogP contribution in [0.4, 0.5) is 0 Å². The van der Waals surface area contributed by atoms with Crippen molar-refractivity contribution in [2.24, 2.45) is 0 Å². The maximum Gasteiger partial charge on any atom is 0.0969 e. The van der Waals surface area contributed by atoms with Gasteiger partial charge >= 0.3 is 0 Å². The Labute approximate surface area is 102 Å². The van der Waals surface area contributed by atoms with Gasteiger partial charge in [0.2, 0.25) is 0 Å². The van der Waals surface area contributed by atoms with Gasteiger partial charge < -0.3 is 15.2 Å². The van der Waals surface area contributed by atoms with Gasteiger partial charge in [-0.15, -0.1) is 5.10 Å². The molecule has 1 unspecified atom stereocenters. The van der Waals surface area contributed by atoms with E-state index in [9.17, 15) is 5.11 Å². The Kier molecular flexibility index (Phi) is 5.04. The molecule has 0 aromatic carbocycles. The van der Waals surface area contributed by atoms with E-state index in [-0.39, 0.29) is 5.54 Å². The molecule has 0 saturated carbocycles. The van der Waals surface area contributed by atoms with E-state index >= 15 is 0 Å². The highest BCUT2D eigenvalue weighted by molar-refractivity contribution is 4.93. The Bertz CT molecular complexity index is 332. The fourth-order valence-electron chi connectivity index (χ4n) is 1.33. The largest absolute Gasteiger partial charge is 0.389 e. The SMILES string of the molecule is COCC(O)Cn1cc(CNC(C)(C)C)nn1. The average molecular weight is 242 g/mol. The van der Waals surface area contributed by atoms with Crippen LogP contribution < -0.4 is 5.32 Å². The summed E-state index contributed by atoms with van der Waals surface area (Å²) in [6.45, 7) is 7.66. The van der Waals surface area contributed by atoms with Crippen LogP contribution in [0.2, 0.25) is 0 Å². The molecule has 6 heteroatoms. The summed E-state index contributed by atoms with van der Waals surface area (Å²) in [7, 11) is 1.56. The first-order valence-corrected chi connectivity index (χ1v) is 5.72. The molecule has 0 spiro atoms. The van der Waals surface area contributed by atoms with Crippen molar-refractivity contribution in [1.29, 1.82) is 0 Å². The van der Waals surface area contributed by atoms with E-state index in [1.807, 2.05) is 6.20 Å². The lowest BCUT2D eigenvalue weighted by atomic mass is 10.1. The molecule has 2 N–H and O–H groups in total. The third-order valence-corrected chi connectivity index (χ3v) is 2.14. The van der Waals surface area contributed by atoms with E-state index in [1.54, 1.807) is 11.8 Å². The number of nitrogens with zero attached hydrogens (tertiary/aromatic N) is 3. The van der Waals surface area contributed by atoms with Crippen molar-refractivity contribution in [1.82, 2.24) is 20.3 Å². The predicted octanol–water partition coefficient (Wildman–Crippen LogP) is 0.173. The maximum atomic E-state index is 9.54. The Hall–Kier alpha value is -0.980. The van der Waals surface area contributed by atoms with Gasteiger partial charge in [0.1, 0.15) is 0 Å². The van der Waals surface area contributed by atoms with Crippen LogP contribution in [0.15, 0.2) is 6.20 Å². The number of hydrogen-bond acceptors (Lipinski definition) is 5. The summed E-state index contributed by atoms with van der Waals surface area (Å²) in [6, 6.07) is 0. The highest BCUT2D eigenvalue weighted by Gasteiger charge is 2.11. The molecule has 0 aliphatic heterocycles. The van der Waals surface area contributed by atoms with Gasteiger partial charge in [0.15, 0.2) is 0 Å². The first-order valence-electron chi connectivity index (χ1n) is 5.72. The Morgan fingerprint density at radius 2 is 2.24 bits per heavy atom. The molecule has 17 heavy (non-hydrogen) atoms. The van der Waals surface area contributed by atoms with Gasteiger partial charge in [0.25, 0.3) is 0 Å². The molecule has 0 amide bonds. The van der Waals surface area contributed by atoms with Crippen molar-refractivity contribution >= 4 is 0 Å². The minimum Gasteiger partial charge on any atom is -0.389 e. The van der Waals surface area contributed by atoms with Gasteiger partial charge in [-0.2, -0.15) is 0 Å². The lowest BCUT2D eigenvalue weighted by molar-refractivity contribution is 0.0510. The molecule has 1 aromatic heterocycles. The summed E-state index contributed by atoms with van der Waals surface area (Å²) in [5, 5.41) is 20.8. The molecule has 1 aromatic rings. The summed E-state index contributed by atoms with van der Waals surface area (Å²) in [5.74, 6) is 0. The van der Waals surface area contributed by atoms with Gasteiger partial charge in [-0.1, -0.05) is 5.21 Å². The Balaban J connectivity index is 2.42. The first kappa shape index (κ1) is 14.1. The second-order valence-electron chi connectivity index (χ2n) is 5.14. The Morgan fingerprint density at radius 3 is 2.82 bits per heavy atom. The smallest absolute Gasteiger partial charge is 0.0969 e. The van der Waals surface area contributed by atoms with Crippen LogP contribution in [0, 0.1) is 0 Å². The van der Waals surface area contributed by atoms with Crippen LogP contribution in [-0.4, -0.2) is 45.5 Å². The zero-order valence-corrected chi connectivity index (χ0v) is 11.0. The molecule has 1 rings (SSSR count). The summed E-state index contributed by atoms with van der Waals surface area (Å²) in [4.78, 5) is 0. The zero-order valence-electron chi connectivity index (χ0n) is 11.0. The Morgan fingerprint density at radius 1 is 1.53 bits per heavy atom. The molecule has 1 heterocycles. The van der Waals surface area contributed by atoms with Crippen molar-refractivity contribution in [3.63, 3.8) is 0 Å². The van der Waals surface area contributed by atoms with Crippen LogP contribution in [-0.2, 0) is 17.8 Å². The number of aromatic nitrogens is 3. The minimum absolute atomic E-state index is 0.0549. The molecule has 0 fully saturated rings. The minimum atomic E-state index is -0.551. The number of methoxy groups -OCH3 is 1. The van der Waals surface area contributed by atoms with Crippen molar-refractivity contribution in [2.75, 3.05) is 13.7 Å². The molecular weight excluding hydrogens is 220 g/mol. The first-order chi connectivity index (χ1) is 7.90. The lowest BCUT2D eigenvalue weighted by Crippen LogP contribution is -2.35. The molecule has 0 aliphatic carbocycles.